The zero-order valence-electron chi connectivity index (χ0n) is 18.0. The minimum atomic E-state index is -1.18. The predicted octanol–water partition coefficient (Wildman–Crippen LogP) is 6.51. The summed E-state index contributed by atoms with van der Waals surface area (Å²) < 4.78 is 6.82. The Morgan fingerprint density at radius 2 is 1.11 bits per heavy atom. The zero-order chi connectivity index (χ0) is 19.9. The van der Waals surface area contributed by atoms with Gasteiger partial charge in [-0.15, -0.1) is 0 Å². The highest BCUT2D eigenvalue weighted by Crippen LogP contribution is 2.16. The Hall–Kier alpha value is -1.38. The minimum Gasteiger partial charge on any atom is -0.404 e. The molecular formula is C26H39OSi. The van der Waals surface area contributed by atoms with Crippen molar-refractivity contribution >= 4 is 19.4 Å². The van der Waals surface area contributed by atoms with E-state index in [9.17, 15) is 0 Å². The van der Waals surface area contributed by atoms with Gasteiger partial charge in [-0.3, -0.25) is 0 Å². The lowest BCUT2D eigenvalue weighted by atomic mass is 10.0. The van der Waals surface area contributed by atoms with E-state index in [2.05, 4.69) is 74.5 Å². The van der Waals surface area contributed by atoms with Crippen molar-refractivity contribution in [3.63, 3.8) is 0 Å². The standard InChI is InChI=1S/C26H39OSi/c1-3-5-6-7-8-9-10-13-19-24(18-4-2)27-28(25-20-14-11-15-21-25)26-22-16-12-17-23-26/h11-12,14-17,20-24H,3-10,13,18-19H2,1-2H3. The fourth-order valence-electron chi connectivity index (χ4n) is 3.74. The molecule has 28 heavy (non-hydrogen) atoms. The third-order valence-corrected chi connectivity index (χ3v) is 7.63. The van der Waals surface area contributed by atoms with Crippen LogP contribution in [0.15, 0.2) is 60.7 Å². The van der Waals surface area contributed by atoms with Crippen LogP contribution in [-0.4, -0.2) is 15.1 Å². The van der Waals surface area contributed by atoms with Crippen LogP contribution in [0.2, 0.25) is 0 Å². The second kappa shape index (κ2) is 14.6. The smallest absolute Gasteiger partial charge is 0.283 e. The van der Waals surface area contributed by atoms with Gasteiger partial charge in [-0.1, -0.05) is 132 Å². The average molecular weight is 396 g/mol. The topological polar surface area (TPSA) is 9.23 Å². The molecule has 1 radical (unpaired) electrons. The summed E-state index contributed by atoms with van der Waals surface area (Å²) in [5.74, 6) is 0. The Kier molecular flexibility index (Phi) is 11.9. The van der Waals surface area contributed by atoms with Crippen LogP contribution in [0.5, 0.6) is 0 Å². The lowest BCUT2D eigenvalue weighted by Gasteiger charge is -2.24. The van der Waals surface area contributed by atoms with Gasteiger partial charge < -0.3 is 4.43 Å². The number of hydrogen-bond acceptors (Lipinski definition) is 1. The number of hydrogen-bond donors (Lipinski definition) is 0. The molecule has 0 saturated carbocycles. The van der Waals surface area contributed by atoms with Gasteiger partial charge in [-0.2, -0.15) is 0 Å². The molecule has 2 aromatic carbocycles. The Morgan fingerprint density at radius 3 is 1.61 bits per heavy atom. The summed E-state index contributed by atoms with van der Waals surface area (Å²) >= 11 is 0. The quantitative estimate of drug-likeness (QED) is 0.247. The molecule has 0 N–H and O–H groups in total. The molecule has 2 heteroatoms. The highest BCUT2D eigenvalue weighted by molar-refractivity contribution is 6.80. The molecule has 153 valence electrons. The average Bonchev–Trinajstić information content (AvgIpc) is 2.75. The molecule has 0 saturated heterocycles. The fourth-order valence-corrected chi connectivity index (χ4v) is 5.90. The SMILES string of the molecule is CCCCCCCCCCC(CCC)O[Si](c1ccccc1)c1ccccc1. The van der Waals surface area contributed by atoms with Crippen LogP contribution in [0, 0.1) is 0 Å². The van der Waals surface area contributed by atoms with E-state index in [1.165, 1.54) is 81.0 Å². The molecule has 0 spiro atoms. The summed E-state index contributed by atoms with van der Waals surface area (Å²) in [4.78, 5) is 0. The van der Waals surface area contributed by atoms with Crippen molar-refractivity contribution in [3.05, 3.63) is 60.7 Å². The molecule has 2 rings (SSSR count). The monoisotopic (exact) mass is 395 g/mol. The molecule has 0 aliphatic heterocycles. The van der Waals surface area contributed by atoms with Gasteiger partial charge in [0.2, 0.25) is 0 Å². The van der Waals surface area contributed by atoms with Crippen molar-refractivity contribution in [3.8, 4) is 0 Å². The van der Waals surface area contributed by atoms with Gasteiger partial charge in [0, 0.05) is 6.10 Å². The summed E-state index contributed by atoms with van der Waals surface area (Å²) in [7, 11) is -1.18. The minimum absolute atomic E-state index is 0.388. The molecule has 0 aromatic heterocycles. The molecule has 2 aromatic rings. The van der Waals surface area contributed by atoms with Crippen LogP contribution in [0.1, 0.15) is 84.5 Å². The summed E-state index contributed by atoms with van der Waals surface area (Å²) in [6, 6.07) is 21.7. The van der Waals surface area contributed by atoms with Gasteiger partial charge in [-0.25, -0.2) is 0 Å². The van der Waals surface area contributed by atoms with Gasteiger partial charge in [-0.05, 0) is 23.2 Å². The maximum Gasteiger partial charge on any atom is 0.283 e. The molecule has 0 bridgehead atoms. The third kappa shape index (κ3) is 8.75. The summed E-state index contributed by atoms with van der Waals surface area (Å²) in [5, 5.41) is 2.71. The Labute approximate surface area is 175 Å². The van der Waals surface area contributed by atoms with E-state index in [-0.39, 0.29) is 0 Å². The molecule has 1 nitrogen and oxygen atoms in total. The van der Waals surface area contributed by atoms with Gasteiger partial charge in [0.15, 0.2) is 0 Å². The zero-order valence-corrected chi connectivity index (χ0v) is 19.0. The van der Waals surface area contributed by atoms with Gasteiger partial charge in [0.1, 0.15) is 0 Å². The van der Waals surface area contributed by atoms with Gasteiger partial charge >= 0.3 is 0 Å². The molecule has 1 atom stereocenters. The van der Waals surface area contributed by atoms with Crippen LogP contribution in [0.3, 0.4) is 0 Å². The number of unbranched alkanes of at least 4 members (excludes halogenated alkanes) is 7. The molecule has 0 heterocycles. The van der Waals surface area contributed by atoms with Crippen LogP contribution in [-0.2, 0) is 4.43 Å². The van der Waals surface area contributed by atoms with Crippen molar-refractivity contribution in [1.82, 2.24) is 0 Å². The lowest BCUT2D eigenvalue weighted by molar-refractivity contribution is 0.182. The first-order valence-electron chi connectivity index (χ1n) is 11.5. The van der Waals surface area contributed by atoms with Crippen molar-refractivity contribution in [2.75, 3.05) is 0 Å². The predicted molar refractivity (Wildman–Crippen MR) is 125 cm³/mol. The number of benzene rings is 2. The van der Waals surface area contributed by atoms with Crippen molar-refractivity contribution < 1.29 is 4.43 Å². The van der Waals surface area contributed by atoms with Crippen LogP contribution in [0.4, 0.5) is 0 Å². The van der Waals surface area contributed by atoms with Crippen LogP contribution >= 0.6 is 0 Å². The Balaban J connectivity index is 1.88. The molecule has 0 aliphatic carbocycles. The Bertz CT molecular complexity index is 559. The largest absolute Gasteiger partial charge is 0.404 e. The molecule has 0 aliphatic rings. The lowest BCUT2D eigenvalue weighted by Crippen LogP contribution is -2.47. The summed E-state index contributed by atoms with van der Waals surface area (Å²) in [6.45, 7) is 4.57. The van der Waals surface area contributed by atoms with E-state index in [1.54, 1.807) is 0 Å². The first kappa shape index (κ1) is 22.9. The maximum atomic E-state index is 6.82. The van der Waals surface area contributed by atoms with Crippen molar-refractivity contribution in [1.29, 1.82) is 0 Å². The first-order valence-corrected chi connectivity index (χ1v) is 12.9. The second-order valence-electron chi connectivity index (χ2n) is 7.85. The molecule has 0 amide bonds. The van der Waals surface area contributed by atoms with E-state index < -0.39 is 9.04 Å². The maximum absolute atomic E-state index is 6.82. The summed E-state index contributed by atoms with van der Waals surface area (Å²) in [6.07, 6.45) is 15.0. The van der Waals surface area contributed by atoms with Gasteiger partial charge in [0.05, 0.1) is 0 Å². The van der Waals surface area contributed by atoms with Crippen LogP contribution in [0.25, 0.3) is 0 Å². The second-order valence-corrected chi connectivity index (χ2v) is 9.90. The van der Waals surface area contributed by atoms with E-state index >= 15 is 0 Å². The van der Waals surface area contributed by atoms with E-state index in [1.807, 2.05) is 0 Å². The third-order valence-electron chi connectivity index (χ3n) is 5.35. The highest BCUT2D eigenvalue weighted by atomic mass is 28.3. The van der Waals surface area contributed by atoms with Crippen molar-refractivity contribution in [2.24, 2.45) is 0 Å². The fraction of sp³-hybridized carbons (Fsp3) is 0.538. The first-order chi connectivity index (χ1) is 13.8. The molecule has 1 unspecified atom stereocenters. The van der Waals surface area contributed by atoms with E-state index in [0.717, 1.165) is 0 Å². The normalized spacial score (nSPS) is 12.4. The number of rotatable bonds is 15. The molecular weight excluding hydrogens is 356 g/mol. The molecule has 0 fully saturated rings. The highest BCUT2D eigenvalue weighted by Gasteiger charge is 2.23. The summed E-state index contributed by atoms with van der Waals surface area (Å²) in [5.41, 5.74) is 0. The Morgan fingerprint density at radius 1 is 0.607 bits per heavy atom. The van der Waals surface area contributed by atoms with Gasteiger partial charge in [0.25, 0.3) is 9.04 Å². The van der Waals surface area contributed by atoms with Crippen LogP contribution < -0.4 is 10.4 Å². The van der Waals surface area contributed by atoms with E-state index in [0.29, 0.717) is 6.10 Å². The van der Waals surface area contributed by atoms with E-state index in [4.69, 9.17) is 4.43 Å². The van der Waals surface area contributed by atoms with Crippen molar-refractivity contribution in [2.45, 2.75) is 90.6 Å².